The van der Waals surface area contributed by atoms with E-state index in [1.807, 2.05) is 36.4 Å². The number of hydrogen-bond acceptors (Lipinski definition) is 5. The largest absolute Gasteiger partial charge is 0.396 e. The fraction of sp³-hybridized carbons (Fsp3) is 0.211. The van der Waals surface area contributed by atoms with E-state index in [1.165, 1.54) is 12.1 Å². The number of aliphatic hydroxyl groups is 1. The molecule has 8 heteroatoms. The summed E-state index contributed by atoms with van der Waals surface area (Å²) in [5.41, 5.74) is 3.28. The number of rotatable bonds is 8. The van der Waals surface area contributed by atoms with E-state index in [2.05, 4.69) is 5.10 Å². The normalized spacial score (nSPS) is 11.6. The van der Waals surface area contributed by atoms with Gasteiger partial charge in [0.2, 0.25) is 10.0 Å². The van der Waals surface area contributed by atoms with Crippen LogP contribution in [0, 0.1) is 0 Å². The average molecular weight is 387 g/mol. The molecule has 0 unspecified atom stereocenters. The lowest BCUT2D eigenvalue weighted by Crippen LogP contribution is -2.12. The van der Waals surface area contributed by atoms with E-state index in [0.717, 1.165) is 17.0 Å². The highest BCUT2D eigenvalue weighted by molar-refractivity contribution is 7.89. The van der Waals surface area contributed by atoms with Crippen LogP contribution in [0.25, 0.3) is 16.9 Å². The number of nitrogens with zero attached hydrogens (tertiary/aromatic N) is 2. The van der Waals surface area contributed by atoms with Crippen LogP contribution >= 0.6 is 0 Å². The molecule has 0 spiro atoms. The predicted octanol–water partition coefficient (Wildman–Crippen LogP) is 2.09. The summed E-state index contributed by atoms with van der Waals surface area (Å²) in [7, 11) is -3.75. The van der Waals surface area contributed by atoms with Gasteiger partial charge in [-0.05, 0) is 36.8 Å². The zero-order valence-corrected chi connectivity index (χ0v) is 15.5. The summed E-state index contributed by atoms with van der Waals surface area (Å²) in [5.74, 6) is 0. The first-order valence-corrected chi connectivity index (χ1v) is 10.00. The Kier molecular flexibility index (Phi) is 6.02. The van der Waals surface area contributed by atoms with E-state index in [4.69, 9.17) is 15.0 Å². The molecule has 0 aliphatic heterocycles. The zero-order valence-electron chi connectivity index (χ0n) is 14.7. The number of aliphatic hydroxyl groups excluding tert-OH is 1. The van der Waals surface area contributed by atoms with Crippen LogP contribution in [0.2, 0.25) is 0 Å². The average Bonchev–Trinajstić information content (AvgIpc) is 3.10. The Labute approximate surface area is 158 Å². The third-order valence-electron chi connectivity index (χ3n) is 3.94. The SMILES string of the molecule is NS(=O)(=O)c1ccc(-n2nc(COCCCO)cc2-c2ccccc2)cc1. The number of sulfonamides is 1. The van der Waals surface area contributed by atoms with Crippen LogP contribution < -0.4 is 5.14 Å². The summed E-state index contributed by atoms with van der Waals surface area (Å²) in [4.78, 5) is 0.0484. The lowest BCUT2D eigenvalue weighted by molar-refractivity contribution is 0.102. The van der Waals surface area contributed by atoms with E-state index >= 15 is 0 Å². The number of benzene rings is 2. The van der Waals surface area contributed by atoms with Crippen LogP contribution in [-0.2, 0) is 21.4 Å². The van der Waals surface area contributed by atoms with E-state index in [0.29, 0.717) is 25.3 Å². The molecule has 0 atom stereocenters. The van der Waals surface area contributed by atoms with Gasteiger partial charge in [0.25, 0.3) is 0 Å². The van der Waals surface area contributed by atoms with Crippen LogP contribution in [0.1, 0.15) is 12.1 Å². The monoisotopic (exact) mass is 387 g/mol. The van der Waals surface area contributed by atoms with Crippen LogP contribution in [-0.4, -0.2) is 36.5 Å². The minimum absolute atomic E-state index is 0.0484. The number of ether oxygens (including phenoxy) is 1. The van der Waals surface area contributed by atoms with E-state index in [9.17, 15) is 8.42 Å². The second-order valence-corrected chi connectivity index (χ2v) is 7.53. The summed E-state index contributed by atoms with van der Waals surface area (Å²) < 4.78 is 30.2. The summed E-state index contributed by atoms with van der Waals surface area (Å²) in [6.07, 6.45) is 0.571. The van der Waals surface area contributed by atoms with Crippen LogP contribution in [0.3, 0.4) is 0 Å². The standard InChI is InChI=1S/C19H21N3O4S/c20-27(24,25)18-9-7-17(8-10-18)22-19(15-5-2-1-3-6-15)13-16(21-22)14-26-12-4-11-23/h1-3,5-10,13,23H,4,11-12,14H2,(H2,20,24,25). The van der Waals surface area contributed by atoms with Gasteiger partial charge in [-0.3, -0.25) is 0 Å². The van der Waals surface area contributed by atoms with E-state index < -0.39 is 10.0 Å². The highest BCUT2D eigenvalue weighted by Crippen LogP contribution is 2.25. The predicted molar refractivity (Wildman–Crippen MR) is 102 cm³/mol. The summed E-state index contributed by atoms with van der Waals surface area (Å²) in [6, 6.07) is 17.9. The second-order valence-electron chi connectivity index (χ2n) is 5.97. The smallest absolute Gasteiger partial charge is 0.238 e. The van der Waals surface area contributed by atoms with Crippen molar-refractivity contribution in [3.8, 4) is 16.9 Å². The first kappa shape index (κ1) is 19.2. The Morgan fingerprint density at radius 1 is 1.07 bits per heavy atom. The number of nitrogens with two attached hydrogens (primary N) is 1. The molecule has 142 valence electrons. The molecule has 0 saturated carbocycles. The number of primary sulfonamides is 1. The second kappa shape index (κ2) is 8.45. The van der Waals surface area contributed by atoms with Crippen molar-refractivity contribution in [3.63, 3.8) is 0 Å². The lowest BCUT2D eigenvalue weighted by atomic mass is 10.1. The van der Waals surface area contributed by atoms with Gasteiger partial charge in [0.05, 0.1) is 28.6 Å². The van der Waals surface area contributed by atoms with Crippen molar-refractivity contribution in [3.05, 3.63) is 66.4 Å². The van der Waals surface area contributed by atoms with Crippen LogP contribution in [0.15, 0.2) is 65.6 Å². The molecule has 27 heavy (non-hydrogen) atoms. The molecule has 3 aromatic rings. The summed E-state index contributed by atoms with van der Waals surface area (Å²) in [6.45, 7) is 0.856. The topological polar surface area (TPSA) is 107 Å². The molecule has 3 N–H and O–H groups in total. The van der Waals surface area contributed by atoms with Gasteiger partial charge < -0.3 is 9.84 Å². The maximum absolute atomic E-state index is 11.5. The van der Waals surface area contributed by atoms with Crippen molar-refractivity contribution in [1.29, 1.82) is 0 Å². The third-order valence-corrected chi connectivity index (χ3v) is 4.87. The fourth-order valence-corrected chi connectivity index (χ4v) is 3.15. The zero-order chi connectivity index (χ0) is 19.3. The maximum atomic E-state index is 11.5. The van der Waals surface area contributed by atoms with Gasteiger partial charge in [-0.25, -0.2) is 18.2 Å². The molecule has 0 fully saturated rings. The Morgan fingerprint density at radius 3 is 2.41 bits per heavy atom. The molecule has 0 aliphatic rings. The third kappa shape index (κ3) is 4.81. The molecule has 1 aromatic heterocycles. The van der Waals surface area contributed by atoms with Gasteiger partial charge in [0.1, 0.15) is 0 Å². The number of aromatic nitrogens is 2. The van der Waals surface area contributed by atoms with E-state index in [1.54, 1.807) is 16.8 Å². The van der Waals surface area contributed by atoms with Gasteiger partial charge in [-0.2, -0.15) is 5.10 Å². The molecule has 3 rings (SSSR count). The van der Waals surface area contributed by atoms with Gasteiger partial charge >= 0.3 is 0 Å². The molecule has 1 heterocycles. The highest BCUT2D eigenvalue weighted by Gasteiger charge is 2.13. The van der Waals surface area contributed by atoms with E-state index in [-0.39, 0.29) is 11.5 Å². The molecular weight excluding hydrogens is 366 g/mol. The first-order valence-electron chi connectivity index (χ1n) is 8.45. The van der Waals surface area contributed by atoms with Crippen molar-refractivity contribution in [2.75, 3.05) is 13.2 Å². The molecule has 0 bridgehead atoms. The van der Waals surface area contributed by atoms with Crippen molar-refractivity contribution >= 4 is 10.0 Å². The Bertz CT molecular complexity index is 984. The Hall–Kier alpha value is -2.52. The van der Waals surface area contributed by atoms with Crippen LogP contribution in [0.5, 0.6) is 0 Å². The first-order chi connectivity index (χ1) is 13.0. The van der Waals surface area contributed by atoms with Gasteiger partial charge in [0, 0.05) is 18.8 Å². The van der Waals surface area contributed by atoms with Gasteiger partial charge in [-0.1, -0.05) is 30.3 Å². The minimum atomic E-state index is -3.75. The van der Waals surface area contributed by atoms with Crippen molar-refractivity contribution in [2.24, 2.45) is 5.14 Å². The molecule has 0 radical (unpaired) electrons. The Balaban J connectivity index is 1.96. The highest BCUT2D eigenvalue weighted by atomic mass is 32.2. The molecule has 0 aliphatic carbocycles. The van der Waals surface area contributed by atoms with Crippen molar-refractivity contribution in [1.82, 2.24) is 9.78 Å². The van der Waals surface area contributed by atoms with Crippen molar-refractivity contribution in [2.45, 2.75) is 17.9 Å². The molecule has 0 saturated heterocycles. The molecule has 2 aromatic carbocycles. The molecule has 7 nitrogen and oxygen atoms in total. The molecular formula is C19H21N3O4S. The Morgan fingerprint density at radius 2 is 1.78 bits per heavy atom. The summed E-state index contributed by atoms with van der Waals surface area (Å²) >= 11 is 0. The fourth-order valence-electron chi connectivity index (χ4n) is 2.63. The lowest BCUT2D eigenvalue weighted by Gasteiger charge is -2.08. The van der Waals surface area contributed by atoms with Gasteiger partial charge in [-0.15, -0.1) is 0 Å². The maximum Gasteiger partial charge on any atom is 0.238 e. The van der Waals surface area contributed by atoms with Gasteiger partial charge in [0.15, 0.2) is 0 Å². The number of hydrogen-bond donors (Lipinski definition) is 2. The summed E-state index contributed by atoms with van der Waals surface area (Å²) in [5, 5.41) is 18.6. The molecule has 0 amide bonds. The van der Waals surface area contributed by atoms with Crippen LogP contribution in [0.4, 0.5) is 0 Å². The minimum Gasteiger partial charge on any atom is -0.396 e. The quantitative estimate of drug-likeness (QED) is 0.576. The van der Waals surface area contributed by atoms with Crippen molar-refractivity contribution < 1.29 is 18.3 Å².